The summed E-state index contributed by atoms with van der Waals surface area (Å²) >= 11 is 0. The van der Waals surface area contributed by atoms with Crippen molar-refractivity contribution in [1.82, 2.24) is 4.90 Å². The topological polar surface area (TPSA) is 43.4 Å². The van der Waals surface area contributed by atoms with E-state index in [4.69, 9.17) is 0 Å². The van der Waals surface area contributed by atoms with Crippen molar-refractivity contribution in [2.75, 3.05) is 46.8 Å². The van der Waals surface area contributed by atoms with Gasteiger partial charge in [0, 0.05) is 13.1 Å². The van der Waals surface area contributed by atoms with Gasteiger partial charge in [-0.05, 0) is 7.05 Å². The van der Waals surface area contributed by atoms with Gasteiger partial charge in [0.15, 0.2) is 0 Å². The molecule has 0 atom stereocenters. The van der Waals surface area contributed by atoms with Crippen molar-refractivity contribution in [3.05, 3.63) is 0 Å². The largest absolute Gasteiger partial charge is 0.544 e. The number of piperazine rings is 1. The van der Waals surface area contributed by atoms with E-state index < -0.39 is 5.97 Å². The van der Waals surface area contributed by atoms with Crippen molar-refractivity contribution >= 4 is 5.97 Å². The van der Waals surface area contributed by atoms with E-state index in [1.807, 2.05) is 7.05 Å². The summed E-state index contributed by atoms with van der Waals surface area (Å²) in [6, 6.07) is 0. The lowest BCUT2D eigenvalue weighted by molar-refractivity contribution is -0.908. The molecule has 0 radical (unpaired) electrons. The second kappa shape index (κ2) is 3.41. The van der Waals surface area contributed by atoms with Crippen molar-refractivity contribution in [3.63, 3.8) is 0 Å². The number of aliphatic carboxylic acids is 1. The standard InChI is InChI=1S/C8H16N2O2/c1-9-3-5-10(2,6-4-9)7-8(11)12/h3-7H2,1-2H3. The molecule has 70 valence electrons. The van der Waals surface area contributed by atoms with Crippen LogP contribution in [0.5, 0.6) is 0 Å². The number of hydrogen-bond acceptors (Lipinski definition) is 3. The van der Waals surface area contributed by atoms with Crippen LogP contribution in [0.2, 0.25) is 0 Å². The van der Waals surface area contributed by atoms with Gasteiger partial charge < -0.3 is 14.4 Å². The van der Waals surface area contributed by atoms with Crippen LogP contribution in [0.4, 0.5) is 0 Å². The number of carboxylic acids is 1. The van der Waals surface area contributed by atoms with Gasteiger partial charge in [0.1, 0.15) is 6.54 Å². The van der Waals surface area contributed by atoms with Gasteiger partial charge in [-0.2, -0.15) is 0 Å². The van der Waals surface area contributed by atoms with Crippen LogP contribution in [0.15, 0.2) is 0 Å². The summed E-state index contributed by atoms with van der Waals surface area (Å²) in [6.07, 6.45) is 0. The summed E-state index contributed by atoms with van der Waals surface area (Å²) < 4.78 is 0.618. The molecule has 0 aromatic rings. The van der Waals surface area contributed by atoms with Crippen molar-refractivity contribution in [2.45, 2.75) is 0 Å². The summed E-state index contributed by atoms with van der Waals surface area (Å²) in [5, 5.41) is 10.4. The lowest BCUT2D eigenvalue weighted by atomic mass is 10.3. The molecule has 4 heteroatoms. The highest BCUT2D eigenvalue weighted by atomic mass is 16.4. The zero-order valence-electron chi connectivity index (χ0n) is 7.75. The van der Waals surface area contributed by atoms with E-state index in [0.717, 1.165) is 26.2 Å². The molecule has 0 unspecified atom stereocenters. The molecule has 1 heterocycles. The lowest BCUT2D eigenvalue weighted by Gasteiger charge is -2.41. The molecule has 0 aromatic carbocycles. The second-order valence-corrected chi connectivity index (χ2v) is 3.90. The number of hydrogen-bond donors (Lipinski definition) is 0. The third-order valence-corrected chi connectivity index (χ3v) is 2.55. The molecule has 0 bridgehead atoms. The first kappa shape index (κ1) is 9.48. The third-order valence-electron chi connectivity index (χ3n) is 2.55. The van der Waals surface area contributed by atoms with Crippen molar-refractivity contribution in [1.29, 1.82) is 0 Å². The van der Waals surface area contributed by atoms with Gasteiger partial charge in [-0.15, -0.1) is 0 Å². The highest BCUT2D eigenvalue weighted by molar-refractivity contribution is 5.65. The maximum absolute atomic E-state index is 10.4. The fraction of sp³-hybridized carbons (Fsp3) is 0.875. The number of carboxylic acid groups (broad SMARTS) is 1. The molecular formula is C8H16N2O2. The SMILES string of the molecule is CN1CC[N+](C)(CC(=O)[O-])CC1. The van der Waals surface area contributed by atoms with Gasteiger partial charge in [0.05, 0.1) is 26.1 Å². The van der Waals surface area contributed by atoms with Gasteiger partial charge in [-0.1, -0.05) is 0 Å². The highest BCUT2D eigenvalue weighted by Gasteiger charge is 2.26. The maximum atomic E-state index is 10.4. The number of likely N-dealkylation sites (N-methyl/N-ethyl adjacent to an activating group) is 2. The Balaban J connectivity index is 2.44. The lowest BCUT2D eigenvalue weighted by Crippen LogP contribution is -2.59. The first-order chi connectivity index (χ1) is 5.52. The van der Waals surface area contributed by atoms with E-state index in [2.05, 4.69) is 11.9 Å². The average molecular weight is 172 g/mol. The van der Waals surface area contributed by atoms with Crippen molar-refractivity contribution < 1.29 is 14.4 Å². The number of nitrogens with zero attached hydrogens (tertiary/aromatic N) is 2. The summed E-state index contributed by atoms with van der Waals surface area (Å²) in [6.45, 7) is 3.91. The van der Waals surface area contributed by atoms with E-state index >= 15 is 0 Å². The highest BCUT2D eigenvalue weighted by Crippen LogP contribution is 2.07. The van der Waals surface area contributed by atoms with Crippen LogP contribution in [-0.2, 0) is 4.79 Å². The predicted molar refractivity (Wildman–Crippen MR) is 43.3 cm³/mol. The van der Waals surface area contributed by atoms with Gasteiger partial charge in [-0.3, -0.25) is 4.90 Å². The van der Waals surface area contributed by atoms with Crippen LogP contribution >= 0.6 is 0 Å². The van der Waals surface area contributed by atoms with Crippen LogP contribution in [0.1, 0.15) is 0 Å². The molecule has 4 nitrogen and oxygen atoms in total. The molecule has 1 aliphatic rings. The zero-order chi connectivity index (χ0) is 9.19. The Morgan fingerprint density at radius 2 is 2.00 bits per heavy atom. The van der Waals surface area contributed by atoms with Crippen LogP contribution in [0, 0.1) is 0 Å². The Morgan fingerprint density at radius 1 is 1.50 bits per heavy atom. The number of carbonyl (C=O) groups excluding carboxylic acids is 1. The Hall–Kier alpha value is -0.610. The number of rotatable bonds is 2. The Bertz CT molecular complexity index is 174. The Kier molecular flexibility index (Phi) is 2.69. The molecule has 12 heavy (non-hydrogen) atoms. The van der Waals surface area contributed by atoms with Gasteiger partial charge >= 0.3 is 0 Å². The molecule has 0 N–H and O–H groups in total. The fourth-order valence-electron chi connectivity index (χ4n) is 1.52. The van der Waals surface area contributed by atoms with E-state index in [-0.39, 0.29) is 6.54 Å². The van der Waals surface area contributed by atoms with Crippen LogP contribution in [0.3, 0.4) is 0 Å². The molecule has 1 aliphatic heterocycles. The maximum Gasteiger partial charge on any atom is 0.119 e. The first-order valence-electron chi connectivity index (χ1n) is 4.24. The van der Waals surface area contributed by atoms with Crippen molar-refractivity contribution in [3.8, 4) is 0 Å². The summed E-state index contributed by atoms with van der Waals surface area (Å²) in [5.74, 6) is -0.943. The third kappa shape index (κ3) is 2.46. The van der Waals surface area contributed by atoms with E-state index in [0.29, 0.717) is 4.48 Å². The Morgan fingerprint density at radius 3 is 2.42 bits per heavy atom. The van der Waals surface area contributed by atoms with E-state index in [9.17, 15) is 9.90 Å². The van der Waals surface area contributed by atoms with Gasteiger partial charge in [-0.25, -0.2) is 0 Å². The predicted octanol–water partition coefficient (Wildman–Crippen LogP) is -1.87. The molecule has 0 aliphatic carbocycles. The molecule has 1 rings (SSSR count). The molecule has 0 saturated carbocycles. The minimum Gasteiger partial charge on any atom is -0.544 e. The smallest absolute Gasteiger partial charge is 0.119 e. The summed E-state index contributed by atoms with van der Waals surface area (Å²) in [5.41, 5.74) is 0. The average Bonchev–Trinajstić information content (AvgIpc) is 1.94. The molecule has 0 amide bonds. The molecular weight excluding hydrogens is 156 g/mol. The van der Waals surface area contributed by atoms with Crippen LogP contribution in [-0.4, -0.2) is 62.2 Å². The van der Waals surface area contributed by atoms with Crippen LogP contribution in [0.25, 0.3) is 0 Å². The minimum absolute atomic E-state index is 0.147. The minimum atomic E-state index is -0.943. The molecule has 1 fully saturated rings. The molecule has 0 aromatic heterocycles. The number of carbonyl (C=O) groups is 1. The Labute approximate surface area is 73.0 Å². The second-order valence-electron chi connectivity index (χ2n) is 3.90. The van der Waals surface area contributed by atoms with Gasteiger partial charge in [0.25, 0.3) is 0 Å². The first-order valence-corrected chi connectivity index (χ1v) is 4.24. The van der Waals surface area contributed by atoms with Gasteiger partial charge in [0.2, 0.25) is 0 Å². The van der Waals surface area contributed by atoms with Crippen LogP contribution < -0.4 is 5.11 Å². The fourth-order valence-corrected chi connectivity index (χ4v) is 1.52. The van der Waals surface area contributed by atoms with Crippen molar-refractivity contribution in [2.24, 2.45) is 0 Å². The summed E-state index contributed by atoms with van der Waals surface area (Å²) in [4.78, 5) is 12.6. The monoisotopic (exact) mass is 172 g/mol. The molecule has 0 spiro atoms. The zero-order valence-corrected chi connectivity index (χ0v) is 7.75. The summed E-state index contributed by atoms with van der Waals surface area (Å²) in [7, 11) is 4.03. The number of quaternary nitrogens is 1. The quantitative estimate of drug-likeness (QED) is 0.458. The normalized spacial score (nSPS) is 23.8. The van der Waals surface area contributed by atoms with E-state index in [1.54, 1.807) is 0 Å². The van der Waals surface area contributed by atoms with E-state index in [1.165, 1.54) is 0 Å². The molecule has 1 saturated heterocycles.